The Labute approximate surface area is 98.3 Å². The first kappa shape index (κ1) is 10.3. The Kier molecular flexibility index (Phi) is 2.18. The molecular weight excluding hydrogens is 218 g/mol. The molecule has 4 nitrogen and oxygen atoms in total. The molecule has 17 heavy (non-hydrogen) atoms. The van der Waals surface area contributed by atoms with Crippen LogP contribution >= 0.6 is 0 Å². The van der Waals surface area contributed by atoms with Gasteiger partial charge in [-0.2, -0.15) is 0 Å². The van der Waals surface area contributed by atoms with Gasteiger partial charge in [0.15, 0.2) is 5.58 Å². The molecular formula is C13H13NO3. The summed E-state index contributed by atoms with van der Waals surface area (Å²) in [7, 11) is 0. The van der Waals surface area contributed by atoms with Crippen molar-refractivity contribution in [2.75, 3.05) is 0 Å². The number of fused-ring (bicyclic) bond motifs is 1. The number of furan rings is 1. The summed E-state index contributed by atoms with van der Waals surface area (Å²) in [4.78, 5) is 15.7. The van der Waals surface area contributed by atoms with E-state index in [4.69, 9.17) is 4.42 Å². The maximum atomic E-state index is 11.5. The predicted molar refractivity (Wildman–Crippen MR) is 61.8 cm³/mol. The van der Waals surface area contributed by atoms with E-state index in [-0.39, 0.29) is 0 Å². The predicted octanol–water partition coefficient (Wildman–Crippen LogP) is 2.72. The van der Waals surface area contributed by atoms with Crippen LogP contribution in [-0.4, -0.2) is 16.1 Å². The number of aliphatic carboxylic acids is 1. The lowest BCUT2D eigenvalue weighted by molar-refractivity contribution is -0.144. The summed E-state index contributed by atoms with van der Waals surface area (Å²) in [5, 5.41) is 9.46. The number of hydrogen-bond acceptors (Lipinski definition) is 3. The number of carbonyl (C=O) groups is 1. The molecule has 0 unspecified atom stereocenters. The monoisotopic (exact) mass is 231 g/mol. The summed E-state index contributed by atoms with van der Waals surface area (Å²) >= 11 is 0. The van der Waals surface area contributed by atoms with Crippen LogP contribution in [0.4, 0.5) is 0 Å². The number of nitrogens with zero attached hydrogens (tertiary/aromatic N) is 1. The van der Waals surface area contributed by atoms with Gasteiger partial charge in [-0.1, -0.05) is 12.8 Å². The van der Waals surface area contributed by atoms with Gasteiger partial charge in [0.05, 0.1) is 0 Å². The van der Waals surface area contributed by atoms with E-state index in [9.17, 15) is 9.90 Å². The van der Waals surface area contributed by atoms with Gasteiger partial charge in [0.1, 0.15) is 16.7 Å². The van der Waals surface area contributed by atoms with Gasteiger partial charge in [-0.15, -0.1) is 0 Å². The summed E-state index contributed by atoms with van der Waals surface area (Å²) in [5.41, 5.74) is 0.561. The summed E-state index contributed by atoms with van der Waals surface area (Å²) in [6, 6.07) is 5.38. The minimum Gasteiger partial charge on any atom is -0.480 e. The van der Waals surface area contributed by atoms with Crippen LogP contribution in [0.1, 0.15) is 31.4 Å². The van der Waals surface area contributed by atoms with Crippen LogP contribution in [0.5, 0.6) is 0 Å². The molecule has 88 valence electrons. The number of pyridine rings is 1. The SMILES string of the molecule is O=C(O)C1(c2cc3ncccc3o2)CCCC1. The lowest BCUT2D eigenvalue weighted by Gasteiger charge is -2.20. The van der Waals surface area contributed by atoms with E-state index in [2.05, 4.69) is 4.98 Å². The summed E-state index contributed by atoms with van der Waals surface area (Å²) in [6.45, 7) is 0. The summed E-state index contributed by atoms with van der Waals surface area (Å²) in [6.07, 6.45) is 4.88. The zero-order valence-corrected chi connectivity index (χ0v) is 9.35. The largest absolute Gasteiger partial charge is 0.480 e. The molecule has 0 amide bonds. The standard InChI is InChI=1S/C13H13NO3/c15-12(16)13(5-1-2-6-13)11-8-9-10(17-11)4-3-7-14-9/h3-4,7-8H,1-2,5-6H2,(H,15,16). The van der Waals surface area contributed by atoms with Crippen molar-refractivity contribution in [3.63, 3.8) is 0 Å². The Bertz CT molecular complexity index is 534. The molecule has 1 fully saturated rings. The molecule has 1 aliphatic carbocycles. The van der Waals surface area contributed by atoms with Crippen molar-refractivity contribution in [2.24, 2.45) is 0 Å². The molecule has 0 radical (unpaired) electrons. The first-order chi connectivity index (χ1) is 8.22. The van der Waals surface area contributed by atoms with Gasteiger partial charge in [0, 0.05) is 12.3 Å². The maximum absolute atomic E-state index is 11.5. The van der Waals surface area contributed by atoms with E-state index in [0.29, 0.717) is 24.2 Å². The molecule has 0 saturated heterocycles. The van der Waals surface area contributed by atoms with Crippen molar-refractivity contribution in [2.45, 2.75) is 31.1 Å². The first-order valence-electron chi connectivity index (χ1n) is 5.81. The fourth-order valence-electron chi connectivity index (χ4n) is 2.65. The molecule has 0 atom stereocenters. The summed E-state index contributed by atoms with van der Waals surface area (Å²) < 4.78 is 5.67. The molecule has 1 saturated carbocycles. The van der Waals surface area contributed by atoms with Crippen LogP contribution in [0.2, 0.25) is 0 Å². The average Bonchev–Trinajstić information content (AvgIpc) is 2.96. The van der Waals surface area contributed by atoms with E-state index in [0.717, 1.165) is 18.4 Å². The number of rotatable bonds is 2. The smallest absolute Gasteiger partial charge is 0.317 e. The number of carboxylic acid groups (broad SMARTS) is 1. The van der Waals surface area contributed by atoms with Gasteiger partial charge in [0.2, 0.25) is 0 Å². The highest BCUT2D eigenvalue weighted by Crippen LogP contribution is 2.42. The number of hydrogen-bond donors (Lipinski definition) is 1. The van der Waals surface area contributed by atoms with Crippen molar-refractivity contribution in [3.8, 4) is 0 Å². The van der Waals surface area contributed by atoms with Crippen LogP contribution < -0.4 is 0 Å². The molecule has 1 N–H and O–H groups in total. The molecule has 0 bridgehead atoms. The van der Waals surface area contributed by atoms with E-state index in [1.807, 2.05) is 6.07 Å². The van der Waals surface area contributed by atoms with Crippen molar-refractivity contribution in [1.29, 1.82) is 0 Å². The van der Waals surface area contributed by atoms with Gasteiger partial charge in [0.25, 0.3) is 0 Å². The van der Waals surface area contributed by atoms with Gasteiger partial charge in [-0.25, -0.2) is 0 Å². The third-order valence-corrected chi connectivity index (χ3v) is 3.63. The Morgan fingerprint density at radius 2 is 2.18 bits per heavy atom. The quantitative estimate of drug-likeness (QED) is 0.863. The molecule has 0 spiro atoms. The van der Waals surface area contributed by atoms with Gasteiger partial charge in [-0.05, 0) is 25.0 Å². The topological polar surface area (TPSA) is 63.3 Å². The summed E-state index contributed by atoms with van der Waals surface area (Å²) in [5.74, 6) is -0.231. The highest BCUT2D eigenvalue weighted by atomic mass is 16.4. The van der Waals surface area contributed by atoms with Crippen LogP contribution in [0.15, 0.2) is 28.8 Å². The molecule has 0 aromatic carbocycles. The van der Waals surface area contributed by atoms with E-state index in [1.165, 1.54) is 0 Å². The fourth-order valence-corrected chi connectivity index (χ4v) is 2.65. The molecule has 2 heterocycles. The van der Waals surface area contributed by atoms with E-state index in [1.54, 1.807) is 18.3 Å². The molecule has 1 aliphatic rings. The normalized spacial score (nSPS) is 18.6. The van der Waals surface area contributed by atoms with Crippen molar-refractivity contribution < 1.29 is 14.3 Å². The fraction of sp³-hybridized carbons (Fsp3) is 0.385. The second-order valence-electron chi connectivity index (χ2n) is 4.59. The van der Waals surface area contributed by atoms with Crippen LogP contribution in [-0.2, 0) is 10.2 Å². The maximum Gasteiger partial charge on any atom is 0.317 e. The van der Waals surface area contributed by atoms with E-state index < -0.39 is 11.4 Å². The van der Waals surface area contributed by atoms with Crippen LogP contribution in [0.3, 0.4) is 0 Å². The zero-order chi connectivity index (χ0) is 11.9. The zero-order valence-electron chi connectivity index (χ0n) is 9.35. The Morgan fingerprint density at radius 1 is 1.41 bits per heavy atom. The lowest BCUT2D eigenvalue weighted by Crippen LogP contribution is -2.31. The minimum atomic E-state index is -0.833. The van der Waals surface area contributed by atoms with Gasteiger partial charge < -0.3 is 9.52 Å². The van der Waals surface area contributed by atoms with Crippen molar-refractivity contribution in [3.05, 3.63) is 30.2 Å². The highest BCUT2D eigenvalue weighted by molar-refractivity contribution is 5.83. The first-order valence-corrected chi connectivity index (χ1v) is 5.81. The Hall–Kier alpha value is -1.84. The lowest BCUT2D eigenvalue weighted by atomic mass is 9.84. The second-order valence-corrected chi connectivity index (χ2v) is 4.59. The molecule has 3 rings (SSSR count). The van der Waals surface area contributed by atoms with Crippen molar-refractivity contribution >= 4 is 17.1 Å². The average molecular weight is 231 g/mol. The Morgan fingerprint density at radius 3 is 2.82 bits per heavy atom. The van der Waals surface area contributed by atoms with Gasteiger partial charge in [-0.3, -0.25) is 9.78 Å². The second kappa shape index (κ2) is 3.58. The minimum absolute atomic E-state index is 0.552. The third-order valence-electron chi connectivity index (χ3n) is 3.63. The van der Waals surface area contributed by atoms with Crippen molar-refractivity contribution in [1.82, 2.24) is 4.98 Å². The van der Waals surface area contributed by atoms with Crippen LogP contribution in [0, 0.1) is 0 Å². The van der Waals surface area contributed by atoms with E-state index >= 15 is 0 Å². The number of carboxylic acids is 1. The third kappa shape index (κ3) is 1.44. The Balaban J connectivity index is 2.15. The van der Waals surface area contributed by atoms with Gasteiger partial charge >= 0.3 is 5.97 Å². The highest BCUT2D eigenvalue weighted by Gasteiger charge is 2.45. The molecule has 2 aromatic rings. The number of aromatic nitrogens is 1. The molecule has 2 aromatic heterocycles. The molecule has 4 heteroatoms. The van der Waals surface area contributed by atoms with Crippen LogP contribution in [0.25, 0.3) is 11.1 Å². The molecule has 0 aliphatic heterocycles.